The smallest absolute Gasteiger partial charge is 0.308 e. The quantitative estimate of drug-likeness (QED) is 0.448. The van der Waals surface area contributed by atoms with Crippen molar-refractivity contribution in [3.05, 3.63) is 0 Å². The van der Waals surface area contributed by atoms with Crippen LogP contribution in [-0.2, 0) is 14.3 Å². The lowest BCUT2D eigenvalue weighted by atomic mass is 10.3. The fourth-order valence-corrected chi connectivity index (χ4v) is 0.510. The monoisotopic (exact) mass is 157 g/mol. The third kappa shape index (κ3) is 4.34. The second-order valence-corrected chi connectivity index (χ2v) is 1.94. The van der Waals surface area contributed by atoms with Crippen LogP contribution in [0, 0.1) is 11.3 Å². The summed E-state index contributed by atoms with van der Waals surface area (Å²) in [5, 5.41) is 8.29. The van der Waals surface area contributed by atoms with E-state index in [1.807, 2.05) is 6.92 Å². The van der Waals surface area contributed by atoms with Crippen molar-refractivity contribution in [1.29, 1.82) is 5.26 Å². The zero-order valence-corrected chi connectivity index (χ0v) is 6.66. The van der Waals surface area contributed by atoms with Crippen LogP contribution in [0.2, 0.25) is 0 Å². The Morgan fingerprint density at radius 2 is 2.36 bits per heavy atom. The summed E-state index contributed by atoms with van der Waals surface area (Å²) in [6, 6.07) is 1.68. The van der Waals surface area contributed by atoms with Crippen molar-refractivity contribution in [2.24, 2.45) is 0 Å². The van der Waals surface area contributed by atoms with E-state index in [9.17, 15) is 4.79 Å². The van der Waals surface area contributed by atoms with Crippen LogP contribution in [0.25, 0.3) is 0 Å². The molecule has 0 radical (unpaired) electrons. The van der Waals surface area contributed by atoms with Gasteiger partial charge in [-0.3, -0.25) is 4.79 Å². The molecule has 0 heterocycles. The Labute approximate surface area is 65.7 Å². The summed E-state index contributed by atoms with van der Waals surface area (Å²) in [5.41, 5.74) is 0. The Morgan fingerprint density at radius 1 is 1.73 bits per heavy atom. The van der Waals surface area contributed by atoms with Crippen LogP contribution in [0.3, 0.4) is 0 Å². The molecule has 0 aromatic heterocycles. The average Bonchev–Trinajstić information content (AvgIpc) is 2.01. The van der Waals surface area contributed by atoms with Crippen molar-refractivity contribution in [3.8, 4) is 6.07 Å². The maximum Gasteiger partial charge on any atom is 0.308 e. The van der Waals surface area contributed by atoms with E-state index in [0.717, 1.165) is 0 Å². The molecule has 0 aliphatic heterocycles. The van der Waals surface area contributed by atoms with E-state index in [2.05, 4.69) is 9.47 Å². The van der Waals surface area contributed by atoms with E-state index in [1.165, 1.54) is 7.11 Å². The number of rotatable bonds is 4. The van der Waals surface area contributed by atoms with Crippen LogP contribution in [0.4, 0.5) is 0 Å². The van der Waals surface area contributed by atoms with E-state index in [1.54, 1.807) is 6.07 Å². The number of nitriles is 1. The maximum atomic E-state index is 10.7. The number of carbonyl (C=O) groups excluding carboxylic acids is 1. The lowest BCUT2D eigenvalue weighted by Gasteiger charge is -2.06. The number of methoxy groups -OCH3 is 1. The summed E-state index contributed by atoms with van der Waals surface area (Å²) in [5.74, 6) is -0.402. The van der Waals surface area contributed by atoms with Crippen LogP contribution in [0.5, 0.6) is 0 Å². The Bertz CT molecular complexity index is 162. The zero-order valence-electron chi connectivity index (χ0n) is 6.66. The van der Waals surface area contributed by atoms with Gasteiger partial charge in [0.15, 0.2) is 0 Å². The number of hydrogen-bond acceptors (Lipinski definition) is 4. The minimum absolute atomic E-state index is 0.321. The van der Waals surface area contributed by atoms with Crippen LogP contribution < -0.4 is 0 Å². The SMILES string of the molecule is CCCC(=O)OC(C#N)OC. The summed E-state index contributed by atoms with van der Waals surface area (Å²) in [6.07, 6.45) is -0.0311. The van der Waals surface area contributed by atoms with Crippen molar-refractivity contribution >= 4 is 5.97 Å². The normalized spacial score (nSPS) is 11.7. The zero-order chi connectivity index (χ0) is 8.69. The molecule has 4 nitrogen and oxygen atoms in total. The highest BCUT2D eigenvalue weighted by molar-refractivity contribution is 5.69. The first-order valence-electron chi connectivity index (χ1n) is 3.36. The number of carbonyl (C=O) groups is 1. The standard InChI is InChI=1S/C7H11NO3/c1-3-4-6(9)11-7(5-8)10-2/h7H,3-4H2,1-2H3. The first-order chi connectivity index (χ1) is 5.24. The lowest BCUT2D eigenvalue weighted by Crippen LogP contribution is -2.17. The van der Waals surface area contributed by atoms with Crippen molar-refractivity contribution in [2.45, 2.75) is 26.1 Å². The highest BCUT2D eigenvalue weighted by atomic mass is 16.7. The molecule has 62 valence electrons. The summed E-state index contributed by atoms with van der Waals surface area (Å²) in [7, 11) is 1.31. The van der Waals surface area contributed by atoms with Gasteiger partial charge in [0, 0.05) is 13.5 Å². The van der Waals surface area contributed by atoms with Crippen LogP contribution >= 0.6 is 0 Å². The molecule has 0 saturated heterocycles. The van der Waals surface area contributed by atoms with Gasteiger partial charge in [0.25, 0.3) is 6.29 Å². The van der Waals surface area contributed by atoms with Crippen molar-refractivity contribution in [1.82, 2.24) is 0 Å². The molecule has 0 rings (SSSR count). The third-order valence-electron chi connectivity index (χ3n) is 1.01. The molecule has 0 fully saturated rings. The Kier molecular flexibility index (Phi) is 5.13. The van der Waals surface area contributed by atoms with E-state index in [-0.39, 0.29) is 0 Å². The second-order valence-electron chi connectivity index (χ2n) is 1.94. The minimum Gasteiger partial charge on any atom is -0.422 e. The van der Waals surface area contributed by atoms with Gasteiger partial charge in [-0.2, -0.15) is 5.26 Å². The molecular weight excluding hydrogens is 146 g/mol. The van der Waals surface area contributed by atoms with Crippen LogP contribution in [-0.4, -0.2) is 19.4 Å². The summed E-state index contributed by atoms with van der Waals surface area (Å²) < 4.78 is 9.08. The molecule has 0 bridgehead atoms. The van der Waals surface area contributed by atoms with Gasteiger partial charge in [-0.25, -0.2) is 0 Å². The fraction of sp³-hybridized carbons (Fsp3) is 0.714. The molecule has 1 unspecified atom stereocenters. The molecule has 0 aliphatic rings. The number of hydrogen-bond donors (Lipinski definition) is 0. The van der Waals surface area contributed by atoms with Crippen LogP contribution in [0.1, 0.15) is 19.8 Å². The molecule has 0 N–H and O–H groups in total. The minimum atomic E-state index is -1.06. The molecule has 0 aromatic carbocycles. The first-order valence-corrected chi connectivity index (χ1v) is 3.36. The number of esters is 1. The van der Waals surface area contributed by atoms with Gasteiger partial charge in [0.05, 0.1) is 0 Å². The number of ether oxygens (including phenoxy) is 2. The van der Waals surface area contributed by atoms with Gasteiger partial charge in [-0.05, 0) is 6.42 Å². The molecule has 0 spiro atoms. The lowest BCUT2D eigenvalue weighted by molar-refractivity contribution is -0.163. The average molecular weight is 157 g/mol. The van der Waals surface area contributed by atoms with Gasteiger partial charge >= 0.3 is 5.97 Å². The third-order valence-corrected chi connectivity index (χ3v) is 1.01. The van der Waals surface area contributed by atoms with Crippen LogP contribution in [0.15, 0.2) is 0 Å². The predicted octanol–water partition coefficient (Wildman–Crippen LogP) is 0.826. The highest BCUT2D eigenvalue weighted by Gasteiger charge is 2.10. The topological polar surface area (TPSA) is 59.3 Å². The highest BCUT2D eigenvalue weighted by Crippen LogP contribution is 1.96. The predicted molar refractivity (Wildman–Crippen MR) is 37.4 cm³/mol. The molecule has 4 heteroatoms. The Morgan fingerprint density at radius 3 is 2.73 bits per heavy atom. The maximum absolute atomic E-state index is 10.7. The van der Waals surface area contributed by atoms with E-state index in [0.29, 0.717) is 12.8 Å². The van der Waals surface area contributed by atoms with Crippen molar-refractivity contribution in [2.75, 3.05) is 7.11 Å². The molecule has 0 saturated carbocycles. The summed E-state index contributed by atoms with van der Waals surface area (Å²) in [4.78, 5) is 10.7. The molecule has 1 atom stereocenters. The molecule has 0 aromatic rings. The Balaban J connectivity index is 3.65. The Hall–Kier alpha value is -1.08. The van der Waals surface area contributed by atoms with Gasteiger partial charge in [-0.15, -0.1) is 0 Å². The van der Waals surface area contributed by atoms with Crippen molar-refractivity contribution < 1.29 is 14.3 Å². The molecular formula is C7H11NO3. The molecule has 0 aliphatic carbocycles. The molecule has 11 heavy (non-hydrogen) atoms. The van der Waals surface area contributed by atoms with E-state index >= 15 is 0 Å². The van der Waals surface area contributed by atoms with E-state index in [4.69, 9.17) is 5.26 Å². The first kappa shape index (κ1) is 9.92. The van der Waals surface area contributed by atoms with Crippen molar-refractivity contribution in [3.63, 3.8) is 0 Å². The summed E-state index contributed by atoms with van der Waals surface area (Å²) >= 11 is 0. The van der Waals surface area contributed by atoms with E-state index < -0.39 is 12.3 Å². The van der Waals surface area contributed by atoms with Gasteiger partial charge in [0.2, 0.25) is 0 Å². The largest absolute Gasteiger partial charge is 0.422 e. The number of nitrogens with zero attached hydrogens (tertiary/aromatic N) is 1. The van der Waals surface area contributed by atoms with Gasteiger partial charge < -0.3 is 9.47 Å². The summed E-state index contributed by atoms with van der Waals surface area (Å²) in [6.45, 7) is 1.86. The fourth-order valence-electron chi connectivity index (χ4n) is 0.510. The van der Waals surface area contributed by atoms with Gasteiger partial charge in [0.1, 0.15) is 6.07 Å². The molecule has 0 amide bonds. The van der Waals surface area contributed by atoms with Gasteiger partial charge in [-0.1, -0.05) is 6.92 Å². The second kappa shape index (κ2) is 5.69.